The molecule has 0 aliphatic rings. The van der Waals surface area contributed by atoms with E-state index in [0.29, 0.717) is 5.41 Å². The Hall–Kier alpha value is -0.0800. The zero-order valence-corrected chi connectivity index (χ0v) is 13.0. The Morgan fingerprint density at radius 1 is 1.24 bits per heavy atom. The zero-order valence-electron chi connectivity index (χ0n) is 13.0. The lowest BCUT2D eigenvalue weighted by Gasteiger charge is -2.35. The van der Waals surface area contributed by atoms with Crippen LogP contribution in [0.25, 0.3) is 0 Å². The molecule has 0 spiro atoms. The highest BCUT2D eigenvalue weighted by Crippen LogP contribution is 2.24. The molecule has 2 atom stereocenters. The summed E-state index contributed by atoms with van der Waals surface area (Å²) >= 11 is 0. The Morgan fingerprint density at radius 2 is 1.88 bits per heavy atom. The topological polar surface area (TPSA) is 15.3 Å². The number of hydrogen-bond acceptors (Lipinski definition) is 2. The lowest BCUT2D eigenvalue weighted by atomic mass is 9.84. The minimum atomic E-state index is 0.424. The van der Waals surface area contributed by atoms with Gasteiger partial charge in [-0.25, -0.2) is 0 Å². The Bertz CT molecular complexity index is 182. The van der Waals surface area contributed by atoms with E-state index in [2.05, 4.69) is 51.9 Å². The van der Waals surface area contributed by atoms with Crippen LogP contribution in [0.3, 0.4) is 0 Å². The van der Waals surface area contributed by atoms with E-state index in [1.807, 2.05) is 0 Å². The molecule has 0 amide bonds. The van der Waals surface area contributed by atoms with Crippen molar-refractivity contribution in [1.29, 1.82) is 0 Å². The van der Waals surface area contributed by atoms with Crippen LogP contribution >= 0.6 is 0 Å². The molecule has 0 saturated heterocycles. The lowest BCUT2D eigenvalue weighted by Crippen LogP contribution is -2.42. The van der Waals surface area contributed by atoms with Crippen molar-refractivity contribution in [3.8, 4) is 0 Å². The predicted molar refractivity (Wildman–Crippen MR) is 78.5 cm³/mol. The van der Waals surface area contributed by atoms with E-state index >= 15 is 0 Å². The van der Waals surface area contributed by atoms with E-state index in [-0.39, 0.29) is 0 Å². The second kappa shape index (κ2) is 8.93. The molecule has 0 aliphatic heterocycles. The monoisotopic (exact) mass is 242 g/mol. The van der Waals surface area contributed by atoms with E-state index < -0.39 is 0 Å². The van der Waals surface area contributed by atoms with Crippen molar-refractivity contribution in [2.45, 2.75) is 53.9 Å². The molecule has 104 valence electrons. The summed E-state index contributed by atoms with van der Waals surface area (Å²) in [5.41, 5.74) is 0.424. The van der Waals surface area contributed by atoms with E-state index in [0.717, 1.165) is 19.0 Å². The van der Waals surface area contributed by atoms with Gasteiger partial charge in [0.05, 0.1) is 0 Å². The molecule has 0 bridgehead atoms. The molecule has 0 heterocycles. The lowest BCUT2D eigenvalue weighted by molar-refractivity contribution is 0.159. The molecule has 0 aliphatic carbocycles. The number of hydrogen-bond donors (Lipinski definition) is 1. The number of rotatable bonds is 10. The minimum Gasteiger partial charge on any atom is -0.316 e. The van der Waals surface area contributed by atoms with Crippen molar-refractivity contribution in [1.82, 2.24) is 10.2 Å². The fraction of sp³-hybridized carbons (Fsp3) is 1.00. The first-order valence-corrected chi connectivity index (χ1v) is 7.36. The largest absolute Gasteiger partial charge is 0.316 e. The fourth-order valence-corrected chi connectivity index (χ4v) is 2.63. The Balaban J connectivity index is 4.21. The van der Waals surface area contributed by atoms with Crippen LogP contribution in [0.15, 0.2) is 0 Å². The second-order valence-electron chi connectivity index (χ2n) is 6.05. The molecule has 0 saturated carbocycles. The van der Waals surface area contributed by atoms with Crippen LogP contribution in [0.2, 0.25) is 0 Å². The predicted octanol–water partition coefficient (Wildman–Crippen LogP) is 3.38. The first kappa shape index (κ1) is 16.9. The molecule has 0 fully saturated rings. The summed E-state index contributed by atoms with van der Waals surface area (Å²) in [4.78, 5) is 2.52. The van der Waals surface area contributed by atoms with Crippen molar-refractivity contribution in [2.24, 2.45) is 11.3 Å². The van der Waals surface area contributed by atoms with Gasteiger partial charge in [-0.3, -0.25) is 0 Å². The summed E-state index contributed by atoms with van der Waals surface area (Å²) < 4.78 is 0. The summed E-state index contributed by atoms with van der Waals surface area (Å²) in [5, 5.41) is 3.52. The normalized spacial score (nSPS) is 17.1. The minimum absolute atomic E-state index is 0.424. The summed E-state index contributed by atoms with van der Waals surface area (Å²) in [6, 6.07) is 0. The molecule has 0 radical (unpaired) electrons. The van der Waals surface area contributed by atoms with Crippen LogP contribution in [0, 0.1) is 11.3 Å². The maximum absolute atomic E-state index is 3.52. The Morgan fingerprint density at radius 3 is 2.35 bits per heavy atom. The van der Waals surface area contributed by atoms with Gasteiger partial charge in [0, 0.05) is 19.6 Å². The van der Waals surface area contributed by atoms with Crippen LogP contribution in [0.5, 0.6) is 0 Å². The molecule has 2 heteroatoms. The zero-order chi connectivity index (χ0) is 13.3. The molecular weight excluding hydrogens is 208 g/mol. The van der Waals surface area contributed by atoms with Gasteiger partial charge >= 0.3 is 0 Å². The van der Waals surface area contributed by atoms with Crippen LogP contribution < -0.4 is 5.32 Å². The molecule has 0 rings (SSSR count). The molecule has 0 aromatic carbocycles. The van der Waals surface area contributed by atoms with Crippen LogP contribution in [0.1, 0.15) is 53.9 Å². The molecule has 1 N–H and O–H groups in total. The Labute approximate surface area is 109 Å². The standard InChI is InChI=1S/C15H34N2/c1-7-10-15(5,12-16-9-3)13-17(6)11-14(4)8-2/h14,16H,7-13H2,1-6H3. The van der Waals surface area contributed by atoms with Gasteiger partial charge < -0.3 is 10.2 Å². The van der Waals surface area contributed by atoms with Gasteiger partial charge in [0.25, 0.3) is 0 Å². The van der Waals surface area contributed by atoms with Crippen molar-refractivity contribution in [3.63, 3.8) is 0 Å². The fourth-order valence-electron chi connectivity index (χ4n) is 2.63. The molecule has 17 heavy (non-hydrogen) atoms. The molecule has 2 unspecified atom stereocenters. The molecule has 0 aromatic heterocycles. The van der Waals surface area contributed by atoms with Crippen LogP contribution in [0.4, 0.5) is 0 Å². The van der Waals surface area contributed by atoms with E-state index in [1.54, 1.807) is 0 Å². The molecule has 0 aromatic rings. The Kier molecular flexibility index (Phi) is 8.89. The third kappa shape index (κ3) is 7.77. The van der Waals surface area contributed by atoms with Gasteiger partial charge in [0.15, 0.2) is 0 Å². The van der Waals surface area contributed by atoms with Crippen molar-refractivity contribution < 1.29 is 0 Å². The molecular formula is C15H34N2. The van der Waals surface area contributed by atoms with Gasteiger partial charge in [0.2, 0.25) is 0 Å². The summed E-state index contributed by atoms with van der Waals surface area (Å²) in [6.45, 7) is 16.2. The third-order valence-electron chi connectivity index (χ3n) is 3.63. The van der Waals surface area contributed by atoms with Gasteiger partial charge in [-0.2, -0.15) is 0 Å². The van der Waals surface area contributed by atoms with Crippen molar-refractivity contribution >= 4 is 0 Å². The average Bonchev–Trinajstić information content (AvgIpc) is 2.26. The number of nitrogens with one attached hydrogen (secondary N) is 1. The highest BCUT2D eigenvalue weighted by Gasteiger charge is 2.24. The maximum atomic E-state index is 3.52. The summed E-state index contributed by atoms with van der Waals surface area (Å²) in [6.07, 6.45) is 3.87. The highest BCUT2D eigenvalue weighted by atomic mass is 15.1. The highest BCUT2D eigenvalue weighted by molar-refractivity contribution is 4.80. The first-order valence-electron chi connectivity index (χ1n) is 7.36. The van der Waals surface area contributed by atoms with Crippen LogP contribution in [-0.4, -0.2) is 38.1 Å². The SMILES string of the molecule is CCCC(C)(CNCC)CN(C)CC(C)CC. The molecule has 2 nitrogen and oxygen atoms in total. The van der Waals surface area contributed by atoms with Crippen molar-refractivity contribution in [2.75, 3.05) is 33.2 Å². The second-order valence-corrected chi connectivity index (χ2v) is 6.05. The van der Waals surface area contributed by atoms with Crippen molar-refractivity contribution in [3.05, 3.63) is 0 Å². The average molecular weight is 242 g/mol. The van der Waals surface area contributed by atoms with E-state index in [1.165, 1.54) is 32.4 Å². The summed E-state index contributed by atoms with van der Waals surface area (Å²) in [7, 11) is 2.27. The number of nitrogens with zero attached hydrogens (tertiary/aromatic N) is 1. The van der Waals surface area contributed by atoms with Gasteiger partial charge in [0.1, 0.15) is 0 Å². The van der Waals surface area contributed by atoms with E-state index in [4.69, 9.17) is 0 Å². The van der Waals surface area contributed by atoms with Gasteiger partial charge in [-0.15, -0.1) is 0 Å². The summed E-state index contributed by atoms with van der Waals surface area (Å²) in [5.74, 6) is 0.810. The maximum Gasteiger partial charge on any atom is 0.00445 e. The smallest absolute Gasteiger partial charge is 0.00445 e. The van der Waals surface area contributed by atoms with Crippen LogP contribution in [-0.2, 0) is 0 Å². The first-order chi connectivity index (χ1) is 7.97. The van der Waals surface area contributed by atoms with Gasteiger partial charge in [-0.05, 0) is 31.3 Å². The van der Waals surface area contributed by atoms with E-state index in [9.17, 15) is 0 Å². The van der Waals surface area contributed by atoms with Gasteiger partial charge in [-0.1, -0.05) is 47.5 Å². The quantitative estimate of drug-likeness (QED) is 0.632. The third-order valence-corrected chi connectivity index (χ3v) is 3.63.